The van der Waals surface area contributed by atoms with E-state index in [1.807, 2.05) is 54.3 Å². The molecule has 1 aliphatic heterocycles. The molecule has 10 heteroatoms. The first-order valence-corrected chi connectivity index (χ1v) is 12.7. The third kappa shape index (κ3) is 7.06. The van der Waals surface area contributed by atoms with Crippen molar-refractivity contribution in [1.29, 1.82) is 0 Å². The van der Waals surface area contributed by atoms with Crippen LogP contribution in [0.3, 0.4) is 0 Å². The average Bonchev–Trinajstić information content (AvgIpc) is 3.50. The summed E-state index contributed by atoms with van der Waals surface area (Å²) in [6.07, 6.45) is 4.47. The maximum absolute atomic E-state index is 12.6. The number of amides is 2. The van der Waals surface area contributed by atoms with Crippen molar-refractivity contribution in [3.63, 3.8) is 0 Å². The summed E-state index contributed by atoms with van der Waals surface area (Å²) in [6.45, 7) is 6.82. The Morgan fingerprint density at radius 1 is 1.14 bits per heavy atom. The van der Waals surface area contributed by atoms with E-state index in [1.165, 1.54) is 11.8 Å². The van der Waals surface area contributed by atoms with Crippen LogP contribution in [-0.2, 0) is 16.0 Å². The van der Waals surface area contributed by atoms with Crippen LogP contribution in [0.15, 0.2) is 46.0 Å². The van der Waals surface area contributed by atoms with E-state index in [-0.39, 0.29) is 17.6 Å². The summed E-state index contributed by atoms with van der Waals surface area (Å²) < 4.78 is 5.49. The lowest BCUT2D eigenvalue weighted by atomic mass is 10.1. The number of para-hydroxylation sites is 1. The Hall–Kier alpha value is -3.37. The van der Waals surface area contributed by atoms with Gasteiger partial charge in [-0.15, -0.1) is 5.10 Å². The lowest BCUT2D eigenvalue weighted by Crippen LogP contribution is -2.50. The lowest BCUT2D eigenvalue weighted by molar-refractivity contribution is -0.130. The molecule has 2 amide bonds. The third-order valence-electron chi connectivity index (χ3n) is 5.74. The molecule has 35 heavy (non-hydrogen) atoms. The van der Waals surface area contributed by atoms with Gasteiger partial charge in [0.1, 0.15) is 17.3 Å². The van der Waals surface area contributed by atoms with Gasteiger partial charge in [-0.2, -0.15) is 0 Å². The van der Waals surface area contributed by atoms with Crippen LogP contribution >= 0.6 is 11.8 Å². The van der Waals surface area contributed by atoms with E-state index in [2.05, 4.69) is 32.3 Å². The van der Waals surface area contributed by atoms with Crippen LogP contribution < -0.4 is 5.32 Å². The molecule has 0 saturated carbocycles. The highest BCUT2D eigenvalue weighted by atomic mass is 32.2. The van der Waals surface area contributed by atoms with Gasteiger partial charge >= 0.3 is 0 Å². The molecule has 9 nitrogen and oxygen atoms in total. The molecule has 2 N–H and O–H groups in total. The van der Waals surface area contributed by atoms with Crippen molar-refractivity contribution in [2.24, 2.45) is 0 Å². The van der Waals surface area contributed by atoms with Gasteiger partial charge < -0.3 is 14.6 Å². The van der Waals surface area contributed by atoms with E-state index in [9.17, 15) is 9.59 Å². The molecule has 0 unspecified atom stereocenters. The van der Waals surface area contributed by atoms with Gasteiger partial charge in [-0.1, -0.05) is 36.9 Å². The van der Waals surface area contributed by atoms with Gasteiger partial charge in [0, 0.05) is 31.9 Å². The number of nitrogens with zero attached hydrogens (tertiary/aromatic N) is 4. The molecule has 0 atom stereocenters. The predicted molar refractivity (Wildman–Crippen MR) is 137 cm³/mol. The van der Waals surface area contributed by atoms with Crippen molar-refractivity contribution in [2.75, 3.05) is 43.8 Å². The zero-order chi connectivity index (χ0) is 24.6. The minimum Gasteiger partial charge on any atom is -0.462 e. The number of aryl methyl sites for hydroxylation is 2. The molecule has 3 aromatic rings. The number of carbonyl (C=O) groups excluding carboxylic acids is 2. The fourth-order valence-electron chi connectivity index (χ4n) is 3.82. The second-order valence-electron chi connectivity index (χ2n) is 8.29. The number of benzene rings is 1. The molecule has 0 spiro atoms. The van der Waals surface area contributed by atoms with Crippen LogP contribution in [-0.4, -0.2) is 75.3 Å². The molecule has 3 heterocycles. The first-order valence-electron chi connectivity index (χ1n) is 11.7. The number of hydrogen-bond donors (Lipinski definition) is 2. The number of rotatable bonds is 9. The number of thioether (sulfide) groups is 1. The van der Waals surface area contributed by atoms with Crippen LogP contribution in [0.1, 0.15) is 29.8 Å². The molecule has 1 saturated heterocycles. The Labute approximate surface area is 209 Å². The first-order chi connectivity index (χ1) is 17.0. The number of anilines is 1. The maximum atomic E-state index is 12.6. The summed E-state index contributed by atoms with van der Waals surface area (Å²) >= 11 is 1.31. The summed E-state index contributed by atoms with van der Waals surface area (Å²) in [7, 11) is 0. The van der Waals surface area contributed by atoms with Gasteiger partial charge in [0.2, 0.25) is 17.0 Å². The van der Waals surface area contributed by atoms with Crippen LogP contribution in [0.2, 0.25) is 0 Å². The molecule has 1 fully saturated rings. The second-order valence-corrected chi connectivity index (χ2v) is 9.23. The lowest BCUT2D eigenvalue weighted by Gasteiger charge is -2.34. The highest BCUT2D eigenvalue weighted by molar-refractivity contribution is 7.99. The fourth-order valence-corrected chi connectivity index (χ4v) is 4.53. The zero-order valence-corrected chi connectivity index (χ0v) is 20.8. The van der Waals surface area contributed by atoms with E-state index < -0.39 is 0 Å². The smallest absolute Gasteiger partial charge is 0.238 e. The van der Waals surface area contributed by atoms with Gasteiger partial charge in [-0.05, 0) is 49.3 Å². The number of aromatic nitrogens is 3. The topological polar surface area (TPSA) is 107 Å². The summed E-state index contributed by atoms with van der Waals surface area (Å²) in [5, 5.41) is 10.6. The van der Waals surface area contributed by atoms with Crippen LogP contribution in [0.4, 0.5) is 5.69 Å². The van der Waals surface area contributed by atoms with Crippen molar-refractivity contribution in [3.8, 4) is 0 Å². The third-order valence-corrected chi connectivity index (χ3v) is 6.57. The van der Waals surface area contributed by atoms with E-state index in [0.717, 1.165) is 29.2 Å². The number of nitrogens with one attached hydrogen (secondary N) is 2. The molecule has 1 aromatic carbocycles. The minimum atomic E-state index is -0.0297. The molecule has 0 aliphatic carbocycles. The molecule has 0 bridgehead atoms. The Balaban J connectivity index is 1.18. The standard InChI is InChI=1S/C25H30N6O3S/c1-3-19-6-4-5-7-21(19)26-23(32)16-30-12-14-31(15-13-30)24(33)17-35-25-27-22(28-29-25)11-10-20-9-8-18(2)34-20/h4-11H,3,12-17H2,1-2H3,(H,26,32)(H,27,28,29)/b11-10+. The van der Waals surface area contributed by atoms with Gasteiger partial charge in [0.15, 0.2) is 0 Å². The molecule has 2 aromatic heterocycles. The second kappa shape index (κ2) is 11.9. The fraction of sp³-hybridized carbons (Fsp3) is 0.360. The zero-order valence-electron chi connectivity index (χ0n) is 20.0. The molecule has 184 valence electrons. The Morgan fingerprint density at radius 2 is 1.94 bits per heavy atom. The predicted octanol–water partition coefficient (Wildman–Crippen LogP) is 3.31. The summed E-state index contributed by atoms with van der Waals surface area (Å²) in [5.74, 6) is 2.47. The van der Waals surface area contributed by atoms with Crippen LogP contribution in [0, 0.1) is 6.92 Å². The first kappa shape index (κ1) is 24.7. The highest BCUT2D eigenvalue weighted by Gasteiger charge is 2.23. The highest BCUT2D eigenvalue weighted by Crippen LogP contribution is 2.17. The minimum absolute atomic E-state index is 0.0297. The van der Waals surface area contributed by atoms with Crippen molar-refractivity contribution in [3.05, 3.63) is 59.3 Å². The van der Waals surface area contributed by atoms with Gasteiger partial charge in [0.05, 0.1) is 12.3 Å². The quantitative estimate of drug-likeness (QED) is 0.440. The van der Waals surface area contributed by atoms with Gasteiger partial charge in [0.25, 0.3) is 0 Å². The number of aromatic amines is 1. The van der Waals surface area contributed by atoms with Crippen molar-refractivity contribution in [2.45, 2.75) is 25.4 Å². The number of piperazine rings is 1. The monoisotopic (exact) mass is 494 g/mol. The van der Waals surface area contributed by atoms with Gasteiger partial charge in [-0.25, -0.2) is 4.98 Å². The normalized spacial score (nSPS) is 14.5. The SMILES string of the molecule is CCc1ccccc1NC(=O)CN1CCN(C(=O)CSc2n[nH]c(/C=C/c3ccc(C)o3)n2)CC1. The molecule has 4 rings (SSSR count). The summed E-state index contributed by atoms with van der Waals surface area (Å²) in [4.78, 5) is 33.4. The molecule has 0 radical (unpaired) electrons. The van der Waals surface area contributed by atoms with Crippen molar-refractivity contribution < 1.29 is 14.0 Å². The Morgan fingerprint density at radius 3 is 2.69 bits per heavy atom. The van der Waals surface area contributed by atoms with Crippen molar-refractivity contribution in [1.82, 2.24) is 25.0 Å². The Bertz CT molecular complexity index is 1180. The van der Waals surface area contributed by atoms with E-state index >= 15 is 0 Å². The van der Waals surface area contributed by atoms with Crippen molar-refractivity contribution >= 4 is 41.4 Å². The molecular weight excluding hydrogens is 464 g/mol. The Kier molecular flexibility index (Phi) is 8.38. The van der Waals surface area contributed by atoms with Crippen LogP contribution in [0.5, 0.6) is 0 Å². The van der Waals surface area contributed by atoms with E-state index in [4.69, 9.17) is 4.42 Å². The largest absolute Gasteiger partial charge is 0.462 e. The number of hydrogen-bond acceptors (Lipinski definition) is 7. The van der Waals surface area contributed by atoms with E-state index in [0.29, 0.717) is 43.7 Å². The summed E-state index contributed by atoms with van der Waals surface area (Å²) in [5.41, 5.74) is 1.99. The van der Waals surface area contributed by atoms with E-state index in [1.54, 1.807) is 6.08 Å². The number of furan rings is 1. The number of carbonyl (C=O) groups is 2. The number of H-pyrrole nitrogens is 1. The van der Waals surface area contributed by atoms with Crippen LogP contribution in [0.25, 0.3) is 12.2 Å². The molecule has 1 aliphatic rings. The summed E-state index contributed by atoms with van der Waals surface area (Å²) in [6, 6.07) is 11.6. The van der Waals surface area contributed by atoms with Gasteiger partial charge in [-0.3, -0.25) is 19.6 Å². The average molecular weight is 495 g/mol. The molecular formula is C25H30N6O3S. The maximum Gasteiger partial charge on any atom is 0.238 e.